The van der Waals surface area contributed by atoms with Crippen LogP contribution in [0.15, 0.2) is 57.8 Å². The lowest BCUT2D eigenvalue weighted by Gasteiger charge is -2.23. The van der Waals surface area contributed by atoms with Crippen molar-refractivity contribution < 1.29 is 26.2 Å². The second kappa shape index (κ2) is 11.9. The molecule has 0 saturated heterocycles. The summed E-state index contributed by atoms with van der Waals surface area (Å²) in [5, 5.41) is 6.68. The first kappa shape index (κ1) is 31.6. The van der Waals surface area contributed by atoms with Crippen LogP contribution in [-0.4, -0.2) is 57.6 Å². The van der Waals surface area contributed by atoms with Crippen LogP contribution >= 0.6 is 22.9 Å². The van der Waals surface area contributed by atoms with Gasteiger partial charge < -0.3 is 15.2 Å². The molecule has 3 aromatic rings. The maximum atomic E-state index is 13.7. The Kier molecular flexibility index (Phi) is 9.36. The molecule has 0 bridgehead atoms. The maximum absolute atomic E-state index is 13.7. The van der Waals surface area contributed by atoms with Crippen molar-refractivity contribution in [3.8, 4) is 0 Å². The summed E-state index contributed by atoms with van der Waals surface area (Å²) in [5.74, 6) is -0.843. The molecule has 0 saturated carbocycles. The van der Waals surface area contributed by atoms with E-state index in [2.05, 4.69) is 28.9 Å². The van der Waals surface area contributed by atoms with Crippen LogP contribution < -0.4 is 10.6 Å². The van der Waals surface area contributed by atoms with Gasteiger partial charge in [-0.2, -0.15) is 0 Å². The number of amides is 1. The Labute approximate surface area is 243 Å². The molecular formula is C26H31ClN4O6S3. The lowest BCUT2D eigenvalue weighted by molar-refractivity contribution is 0.102. The van der Waals surface area contributed by atoms with Crippen LogP contribution in [0.2, 0.25) is 5.02 Å². The van der Waals surface area contributed by atoms with Gasteiger partial charge in [0.15, 0.2) is 15.2 Å². The molecule has 216 valence electrons. The van der Waals surface area contributed by atoms with Crippen molar-refractivity contribution in [2.45, 2.75) is 48.2 Å². The Balaban J connectivity index is 2.08. The molecule has 14 heteroatoms. The number of likely N-dealkylation sites (N-methyl/N-ethyl adjacent to an activating group) is 1. The third kappa shape index (κ3) is 6.03. The average Bonchev–Trinajstić information content (AvgIpc) is 3.41. The lowest BCUT2D eigenvalue weighted by Crippen LogP contribution is -2.34. The minimum atomic E-state index is -4.25. The molecule has 2 N–H and O–H groups in total. The van der Waals surface area contributed by atoms with E-state index in [1.165, 1.54) is 23.1 Å². The quantitative estimate of drug-likeness (QED) is 0.278. The highest BCUT2D eigenvalue weighted by Crippen LogP contribution is 2.35. The fourth-order valence-corrected chi connectivity index (χ4v) is 8.94. The largest absolute Gasteiger partial charge is 0.337 e. The van der Waals surface area contributed by atoms with Crippen molar-refractivity contribution in [2.75, 3.05) is 24.7 Å². The molecule has 2 heterocycles. The van der Waals surface area contributed by atoms with E-state index in [1.807, 2.05) is 0 Å². The number of hydrogen-bond acceptors (Lipinski definition) is 10. The van der Waals surface area contributed by atoms with Crippen LogP contribution in [0.1, 0.15) is 31.4 Å². The Morgan fingerprint density at radius 3 is 2.23 bits per heavy atom. The van der Waals surface area contributed by atoms with Crippen LogP contribution in [-0.2, 0) is 19.7 Å². The average molecular weight is 627 g/mol. The summed E-state index contributed by atoms with van der Waals surface area (Å²) in [7, 11) is -5.06. The number of halogens is 1. The van der Waals surface area contributed by atoms with Gasteiger partial charge in [-0.05, 0) is 65.0 Å². The summed E-state index contributed by atoms with van der Waals surface area (Å²) in [6, 6.07) is 4.57. The molecule has 0 aliphatic carbocycles. The lowest BCUT2D eigenvalue weighted by atomic mass is 10.1. The summed E-state index contributed by atoms with van der Waals surface area (Å²) in [6.45, 7) is 13.9. The molecule has 1 aromatic carbocycles. The summed E-state index contributed by atoms with van der Waals surface area (Å²) < 4.78 is 59.7. The van der Waals surface area contributed by atoms with E-state index in [0.717, 1.165) is 17.4 Å². The number of hydrogen-bond donors (Lipinski definition) is 2. The van der Waals surface area contributed by atoms with Gasteiger partial charge in [0.05, 0.1) is 15.5 Å². The summed E-state index contributed by atoms with van der Waals surface area (Å²) in [5.41, 5.74) is 1.59. The van der Waals surface area contributed by atoms with Gasteiger partial charge in [0.2, 0.25) is 15.7 Å². The molecule has 0 radical (unpaired) electrons. The number of sulfone groups is 2. The number of thiophene rings is 1. The van der Waals surface area contributed by atoms with Crippen LogP contribution in [0.25, 0.3) is 0 Å². The maximum Gasteiger partial charge on any atom is 0.267 e. The number of aryl methyl sites for hydroxylation is 4. The predicted octanol–water partition coefficient (Wildman–Crippen LogP) is 5.12. The van der Waals surface area contributed by atoms with Crippen molar-refractivity contribution in [3.63, 3.8) is 0 Å². The molecule has 40 heavy (non-hydrogen) atoms. The zero-order valence-electron chi connectivity index (χ0n) is 22.9. The van der Waals surface area contributed by atoms with Gasteiger partial charge in [0, 0.05) is 4.88 Å². The fraction of sp³-hybridized carbons (Fsp3) is 0.308. The smallest absolute Gasteiger partial charge is 0.267 e. The summed E-state index contributed by atoms with van der Waals surface area (Å²) in [4.78, 5) is 15.2. The molecular weight excluding hydrogens is 596 g/mol. The SMILES string of the molecule is C=CC(Nc1onc(C)c1Cl)S(=O)(=O)c1cc(C)sc1C(=O)Nc1c(C)cc(C)cc1S(=O)(=O)C(C=C)N(C)C. The van der Waals surface area contributed by atoms with Crippen LogP contribution in [0.3, 0.4) is 0 Å². The topological polar surface area (TPSA) is 139 Å². The number of nitrogens with one attached hydrogen (secondary N) is 2. The highest BCUT2D eigenvalue weighted by molar-refractivity contribution is 7.92. The number of aromatic nitrogens is 1. The van der Waals surface area contributed by atoms with E-state index < -0.39 is 36.3 Å². The number of carbonyl (C=O) groups excluding carboxylic acids is 1. The number of rotatable bonds is 11. The third-order valence-electron chi connectivity index (χ3n) is 5.96. The molecule has 2 unspecified atom stereocenters. The van der Waals surface area contributed by atoms with E-state index in [4.69, 9.17) is 16.1 Å². The molecule has 0 fully saturated rings. The van der Waals surface area contributed by atoms with Crippen molar-refractivity contribution in [1.82, 2.24) is 10.1 Å². The van der Waals surface area contributed by atoms with Gasteiger partial charge in [-0.3, -0.25) is 9.69 Å². The highest BCUT2D eigenvalue weighted by atomic mass is 35.5. The van der Waals surface area contributed by atoms with Crippen molar-refractivity contribution in [1.29, 1.82) is 0 Å². The molecule has 10 nitrogen and oxygen atoms in total. The number of carbonyl (C=O) groups is 1. The van der Waals surface area contributed by atoms with Crippen molar-refractivity contribution in [2.24, 2.45) is 0 Å². The second-order valence-electron chi connectivity index (χ2n) is 9.35. The minimum absolute atomic E-state index is 0.0565. The van der Waals surface area contributed by atoms with E-state index in [-0.39, 0.29) is 31.3 Å². The highest BCUT2D eigenvalue weighted by Gasteiger charge is 2.35. The molecule has 2 aromatic heterocycles. The monoisotopic (exact) mass is 626 g/mol. The molecule has 1 amide bonds. The number of benzene rings is 1. The Bertz CT molecular complexity index is 1690. The van der Waals surface area contributed by atoms with E-state index in [1.54, 1.807) is 47.9 Å². The first-order valence-electron chi connectivity index (χ1n) is 11.9. The predicted molar refractivity (Wildman–Crippen MR) is 159 cm³/mol. The van der Waals surface area contributed by atoms with Gasteiger partial charge in [-0.25, -0.2) is 16.8 Å². The molecule has 0 aliphatic rings. The Hall–Kier alpha value is -2.97. The summed E-state index contributed by atoms with van der Waals surface area (Å²) >= 11 is 7.10. The van der Waals surface area contributed by atoms with Gasteiger partial charge >= 0.3 is 0 Å². The normalized spacial score (nSPS) is 13.6. The van der Waals surface area contributed by atoms with Gasteiger partial charge in [0.25, 0.3) is 5.91 Å². The van der Waals surface area contributed by atoms with Crippen LogP contribution in [0.4, 0.5) is 11.6 Å². The minimum Gasteiger partial charge on any atom is -0.337 e. The molecule has 2 atom stereocenters. The number of anilines is 2. The van der Waals surface area contributed by atoms with Crippen LogP contribution in [0.5, 0.6) is 0 Å². The molecule has 0 aliphatic heterocycles. The first-order valence-corrected chi connectivity index (χ1v) is 16.2. The van der Waals surface area contributed by atoms with E-state index in [0.29, 0.717) is 21.7 Å². The van der Waals surface area contributed by atoms with Crippen LogP contribution in [0, 0.1) is 27.7 Å². The first-order chi connectivity index (χ1) is 18.6. The third-order valence-corrected chi connectivity index (χ3v) is 11.7. The number of nitrogens with zero attached hydrogens (tertiary/aromatic N) is 2. The zero-order valence-corrected chi connectivity index (χ0v) is 26.1. The van der Waals surface area contributed by atoms with E-state index >= 15 is 0 Å². The van der Waals surface area contributed by atoms with Gasteiger partial charge in [0.1, 0.15) is 21.0 Å². The second-order valence-corrected chi connectivity index (χ2v) is 15.0. The zero-order chi connectivity index (χ0) is 30.2. The summed E-state index contributed by atoms with van der Waals surface area (Å²) in [6.07, 6.45) is 2.44. The van der Waals surface area contributed by atoms with Gasteiger partial charge in [-0.1, -0.05) is 41.6 Å². The fourth-order valence-electron chi connectivity index (χ4n) is 4.07. The molecule has 3 rings (SSSR count). The van der Waals surface area contributed by atoms with E-state index in [9.17, 15) is 21.6 Å². The Morgan fingerprint density at radius 1 is 1.05 bits per heavy atom. The van der Waals surface area contributed by atoms with Gasteiger partial charge in [-0.15, -0.1) is 17.9 Å². The van der Waals surface area contributed by atoms with Crippen molar-refractivity contribution in [3.05, 3.63) is 75.1 Å². The molecule has 0 spiro atoms. The van der Waals surface area contributed by atoms with Crippen molar-refractivity contribution >= 4 is 60.1 Å². The Morgan fingerprint density at radius 2 is 1.70 bits per heavy atom. The standard InChI is InChI=1S/C26H31ClN4O6S3/c1-9-20(28-26-22(27)17(6)30-37-26)39(33,34)19-13-16(5)38-24(19)25(32)29-23-15(4)11-14(3)12-18(23)40(35,36)21(10-2)31(7)8/h9-13,20-21,28H,1-2H2,3-8H3,(H,29,32).